The number of anilines is 2. The van der Waals surface area contributed by atoms with Gasteiger partial charge < -0.3 is 10.2 Å². The molecule has 0 spiro atoms. The van der Waals surface area contributed by atoms with Crippen molar-refractivity contribution in [1.82, 2.24) is 0 Å². The molecule has 0 aliphatic rings. The molecule has 2 aromatic carbocycles. The molecule has 0 aliphatic heterocycles. The first-order valence-corrected chi connectivity index (χ1v) is 5.91. The maximum atomic E-state index is 13.0. The van der Waals surface area contributed by atoms with Gasteiger partial charge in [0.15, 0.2) is 0 Å². The third-order valence-corrected chi connectivity index (χ3v) is 2.77. The monoisotopic (exact) mass is 244 g/mol. The second-order valence-corrected chi connectivity index (χ2v) is 4.42. The van der Waals surface area contributed by atoms with E-state index in [1.54, 1.807) is 6.07 Å². The molecule has 0 fully saturated rings. The molecule has 0 unspecified atom stereocenters. The first kappa shape index (κ1) is 12.4. The normalized spacial score (nSPS) is 10.2. The van der Waals surface area contributed by atoms with Gasteiger partial charge in [-0.25, -0.2) is 4.39 Å². The van der Waals surface area contributed by atoms with E-state index in [-0.39, 0.29) is 5.82 Å². The molecule has 2 aromatic rings. The van der Waals surface area contributed by atoms with Crippen molar-refractivity contribution in [3.8, 4) is 0 Å². The molecule has 2 nitrogen and oxygen atoms in total. The van der Waals surface area contributed by atoms with E-state index in [9.17, 15) is 4.39 Å². The lowest BCUT2D eigenvalue weighted by Crippen LogP contribution is -2.08. The molecule has 3 heteroatoms. The number of nitrogens with zero attached hydrogens (tertiary/aromatic N) is 1. The molecule has 0 heterocycles. The smallest absolute Gasteiger partial charge is 0.125 e. The third kappa shape index (κ3) is 3.23. The highest BCUT2D eigenvalue weighted by Crippen LogP contribution is 2.14. The highest BCUT2D eigenvalue weighted by molar-refractivity contribution is 5.48. The quantitative estimate of drug-likeness (QED) is 0.885. The van der Waals surface area contributed by atoms with E-state index in [1.165, 1.54) is 23.4 Å². The molecule has 0 aromatic heterocycles. The van der Waals surface area contributed by atoms with Gasteiger partial charge in [-0.1, -0.05) is 18.2 Å². The predicted octanol–water partition coefficient (Wildman–Crippen LogP) is 3.50. The summed E-state index contributed by atoms with van der Waals surface area (Å²) in [5.74, 6) is -0.219. The van der Waals surface area contributed by atoms with Gasteiger partial charge in [0.05, 0.1) is 0 Å². The first-order chi connectivity index (χ1) is 8.65. The van der Waals surface area contributed by atoms with E-state index < -0.39 is 0 Å². The first-order valence-electron chi connectivity index (χ1n) is 5.91. The minimum atomic E-state index is -0.219. The van der Waals surface area contributed by atoms with E-state index in [4.69, 9.17) is 0 Å². The van der Waals surface area contributed by atoms with Crippen LogP contribution in [0.15, 0.2) is 48.5 Å². The predicted molar refractivity (Wildman–Crippen MR) is 74.5 cm³/mol. The Morgan fingerprint density at radius 2 is 1.78 bits per heavy atom. The summed E-state index contributed by atoms with van der Waals surface area (Å²) >= 11 is 0. The van der Waals surface area contributed by atoms with Gasteiger partial charge in [-0.05, 0) is 35.9 Å². The zero-order valence-electron chi connectivity index (χ0n) is 10.7. The minimum absolute atomic E-state index is 0.219. The van der Waals surface area contributed by atoms with Crippen LogP contribution in [0.1, 0.15) is 5.56 Å². The minimum Gasteiger partial charge on any atom is -0.381 e. The lowest BCUT2D eigenvalue weighted by atomic mass is 10.2. The fourth-order valence-electron chi connectivity index (χ4n) is 1.71. The Hall–Kier alpha value is -2.03. The topological polar surface area (TPSA) is 15.3 Å². The lowest BCUT2D eigenvalue weighted by Gasteiger charge is -2.13. The Morgan fingerprint density at radius 3 is 2.39 bits per heavy atom. The summed E-state index contributed by atoms with van der Waals surface area (Å²) in [7, 11) is 4.03. The van der Waals surface area contributed by atoms with Crippen LogP contribution in [0.25, 0.3) is 0 Å². The number of rotatable bonds is 4. The van der Waals surface area contributed by atoms with Crippen molar-refractivity contribution >= 4 is 11.4 Å². The van der Waals surface area contributed by atoms with Gasteiger partial charge in [0.1, 0.15) is 5.82 Å². The van der Waals surface area contributed by atoms with Crippen LogP contribution in [0.4, 0.5) is 15.8 Å². The molecule has 2 rings (SSSR count). The fraction of sp³-hybridized carbons (Fsp3) is 0.200. The average molecular weight is 244 g/mol. The summed E-state index contributed by atoms with van der Waals surface area (Å²) in [6, 6.07) is 14.8. The third-order valence-electron chi connectivity index (χ3n) is 2.77. The Labute approximate surface area is 107 Å². The molecule has 1 N–H and O–H groups in total. The van der Waals surface area contributed by atoms with E-state index in [2.05, 4.69) is 34.5 Å². The number of hydrogen-bond donors (Lipinski definition) is 1. The summed E-state index contributed by atoms with van der Waals surface area (Å²) < 4.78 is 13.0. The van der Waals surface area contributed by atoms with Crippen molar-refractivity contribution in [2.45, 2.75) is 6.54 Å². The van der Waals surface area contributed by atoms with Crippen LogP contribution < -0.4 is 10.2 Å². The zero-order chi connectivity index (χ0) is 13.0. The molecule has 0 aliphatic carbocycles. The van der Waals surface area contributed by atoms with E-state index in [0.717, 1.165) is 5.69 Å². The molecular weight excluding hydrogens is 227 g/mol. The number of halogens is 1. The van der Waals surface area contributed by atoms with Crippen molar-refractivity contribution < 1.29 is 4.39 Å². The Bertz CT molecular complexity index is 506. The summed E-state index contributed by atoms with van der Waals surface area (Å²) in [5, 5.41) is 3.20. The van der Waals surface area contributed by atoms with Gasteiger partial charge >= 0.3 is 0 Å². The molecule has 0 atom stereocenters. The van der Waals surface area contributed by atoms with Gasteiger partial charge in [0.25, 0.3) is 0 Å². The van der Waals surface area contributed by atoms with Crippen LogP contribution in [-0.4, -0.2) is 14.1 Å². The molecule has 0 saturated carbocycles. The standard InChI is InChI=1S/C15H17FN2/c1-18(2)15-8-6-12(7-9-15)11-17-14-5-3-4-13(16)10-14/h3-10,17H,11H2,1-2H3. The second-order valence-electron chi connectivity index (χ2n) is 4.42. The van der Waals surface area contributed by atoms with E-state index in [1.807, 2.05) is 20.2 Å². The molecule has 18 heavy (non-hydrogen) atoms. The van der Waals surface area contributed by atoms with Gasteiger partial charge in [0.2, 0.25) is 0 Å². The summed E-state index contributed by atoms with van der Waals surface area (Å²) in [4.78, 5) is 2.06. The van der Waals surface area contributed by atoms with Crippen LogP contribution >= 0.6 is 0 Å². The zero-order valence-corrected chi connectivity index (χ0v) is 10.7. The largest absolute Gasteiger partial charge is 0.381 e. The maximum absolute atomic E-state index is 13.0. The molecule has 0 amide bonds. The second kappa shape index (κ2) is 5.54. The van der Waals surface area contributed by atoms with Gasteiger partial charge in [0, 0.05) is 32.0 Å². The van der Waals surface area contributed by atoms with E-state index in [0.29, 0.717) is 6.54 Å². The van der Waals surface area contributed by atoms with Crippen molar-refractivity contribution in [3.63, 3.8) is 0 Å². The van der Waals surface area contributed by atoms with Crippen LogP contribution in [0, 0.1) is 5.82 Å². The van der Waals surface area contributed by atoms with Crippen LogP contribution in [0.2, 0.25) is 0 Å². The SMILES string of the molecule is CN(C)c1ccc(CNc2cccc(F)c2)cc1. The Morgan fingerprint density at radius 1 is 1.06 bits per heavy atom. The Balaban J connectivity index is 1.98. The van der Waals surface area contributed by atoms with E-state index >= 15 is 0 Å². The number of benzene rings is 2. The van der Waals surface area contributed by atoms with Crippen LogP contribution in [-0.2, 0) is 6.54 Å². The highest BCUT2D eigenvalue weighted by Gasteiger charge is 1.97. The van der Waals surface area contributed by atoms with Gasteiger partial charge in [-0.2, -0.15) is 0 Å². The summed E-state index contributed by atoms with van der Waals surface area (Å²) in [6.07, 6.45) is 0. The fourth-order valence-corrected chi connectivity index (χ4v) is 1.71. The summed E-state index contributed by atoms with van der Waals surface area (Å²) in [6.45, 7) is 0.692. The highest BCUT2D eigenvalue weighted by atomic mass is 19.1. The molecular formula is C15H17FN2. The molecule has 94 valence electrons. The lowest BCUT2D eigenvalue weighted by molar-refractivity contribution is 0.628. The van der Waals surface area contributed by atoms with Crippen molar-refractivity contribution in [2.75, 3.05) is 24.3 Å². The van der Waals surface area contributed by atoms with Crippen molar-refractivity contribution in [1.29, 1.82) is 0 Å². The van der Waals surface area contributed by atoms with Crippen molar-refractivity contribution in [3.05, 3.63) is 59.9 Å². The maximum Gasteiger partial charge on any atom is 0.125 e. The molecule has 0 bridgehead atoms. The van der Waals surface area contributed by atoms with Gasteiger partial charge in [-0.15, -0.1) is 0 Å². The number of nitrogens with one attached hydrogen (secondary N) is 1. The van der Waals surface area contributed by atoms with Gasteiger partial charge in [-0.3, -0.25) is 0 Å². The molecule has 0 radical (unpaired) electrons. The molecule has 0 saturated heterocycles. The van der Waals surface area contributed by atoms with Crippen molar-refractivity contribution in [2.24, 2.45) is 0 Å². The Kier molecular flexibility index (Phi) is 3.82. The summed E-state index contributed by atoms with van der Waals surface area (Å²) in [5.41, 5.74) is 3.14. The number of hydrogen-bond acceptors (Lipinski definition) is 2. The average Bonchev–Trinajstić information content (AvgIpc) is 2.37. The van der Waals surface area contributed by atoms with Crippen LogP contribution in [0.5, 0.6) is 0 Å². The van der Waals surface area contributed by atoms with Crippen LogP contribution in [0.3, 0.4) is 0 Å².